The minimum atomic E-state index is -0.758. The Kier molecular flexibility index (Phi) is 6.45. The van der Waals surface area contributed by atoms with Crippen molar-refractivity contribution in [2.24, 2.45) is 5.92 Å². The molecule has 7 nitrogen and oxygen atoms in total. The second-order valence-corrected chi connectivity index (χ2v) is 9.56. The van der Waals surface area contributed by atoms with Crippen molar-refractivity contribution in [2.45, 2.75) is 64.3 Å². The predicted molar refractivity (Wildman–Crippen MR) is 127 cm³/mol. The molecule has 1 heterocycles. The number of nitrogens with one attached hydrogen (secondary N) is 3. The van der Waals surface area contributed by atoms with E-state index in [0.717, 1.165) is 17.2 Å². The number of amides is 2. The van der Waals surface area contributed by atoms with Gasteiger partial charge in [0.15, 0.2) is 5.96 Å². The second-order valence-electron chi connectivity index (χ2n) is 9.56. The van der Waals surface area contributed by atoms with Gasteiger partial charge < -0.3 is 15.7 Å². The van der Waals surface area contributed by atoms with E-state index >= 15 is 0 Å². The van der Waals surface area contributed by atoms with Crippen molar-refractivity contribution >= 4 is 17.8 Å². The molecular weight excluding hydrogens is 435 g/mol. The molecule has 0 radical (unpaired) electrons. The molecular formula is C26H31FN4O3. The smallest absolute Gasteiger partial charge is 0.251 e. The van der Waals surface area contributed by atoms with Crippen LogP contribution in [0.5, 0.6) is 0 Å². The molecule has 3 atom stereocenters. The van der Waals surface area contributed by atoms with Crippen molar-refractivity contribution in [1.82, 2.24) is 15.5 Å². The summed E-state index contributed by atoms with van der Waals surface area (Å²) in [7, 11) is 0. The number of carbonyl (C=O) groups is 2. The molecule has 4 N–H and O–H groups in total. The third-order valence-corrected chi connectivity index (χ3v) is 7.19. The summed E-state index contributed by atoms with van der Waals surface area (Å²) in [5.74, 6) is -1.19. The summed E-state index contributed by atoms with van der Waals surface area (Å²) >= 11 is 0. The first-order valence-electron chi connectivity index (χ1n) is 11.7. The Labute approximate surface area is 198 Å². The molecule has 0 unspecified atom stereocenters. The van der Waals surface area contributed by atoms with Gasteiger partial charge in [0.05, 0.1) is 30.7 Å². The molecule has 2 aliphatic rings. The summed E-state index contributed by atoms with van der Waals surface area (Å²) in [4.78, 5) is 27.2. The molecule has 0 spiro atoms. The fourth-order valence-corrected chi connectivity index (χ4v) is 5.00. The van der Waals surface area contributed by atoms with Gasteiger partial charge in [0.1, 0.15) is 5.82 Å². The van der Waals surface area contributed by atoms with Gasteiger partial charge in [-0.15, -0.1) is 0 Å². The van der Waals surface area contributed by atoms with E-state index in [2.05, 4.69) is 10.6 Å². The van der Waals surface area contributed by atoms with Crippen LogP contribution < -0.4 is 10.6 Å². The van der Waals surface area contributed by atoms with E-state index < -0.39 is 29.4 Å². The molecule has 0 bridgehead atoms. The molecule has 180 valence electrons. The summed E-state index contributed by atoms with van der Waals surface area (Å²) in [5.41, 5.74) is 1.85. The largest absolute Gasteiger partial charge is 0.390 e. The molecule has 2 aromatic carbocycles. The lowest BCUT2D eigenvalue weighted by atomic mass is 9.79. The Morgan fingerprint density at radius 1 is 1.32 bits per heavy atom. The molecule has 1 fully saturated rings. The maximum atomic E-state index is 14.4. The van der Waals surface area contributed by atoms with E-state index in [1.165, 1.54) is 17.0 Å². The number of aliphatic hydroxyl groups is 1. The zero-order chi connectivity index (χ0) is 24.6. The number of benzene rings is 2. The summed E-state index contributed by atoms with van der Waals surface area (Å²) in [6, 6.07) is 10.9. The van der Waals surface area contributed by atoms with Crippen molar-refractivity contribution in [2.75, 3.05) is 0 Å². The number of nitrogens with zero attached hydrogens (tertiary/aromatic N) is 1. The minimum Gasteiger partial charge on any atom is -0.390 e. The maximum absolute atomic E-state index is 14.4. The van der Waals surface area contributed by atoms with Crippen LogP contribution in [0, 0.1) is 17.1 Å². The number of rotatable bonds is 6. The summed E-state index contributed by atoms with van der Waals surface area (Å²) in [6.07, 6.45) is 0.627. The van der Waals surface area contributed by atoms with Gasteiger partial charge in [0.25, 0.3) is 5.91 Å². The topological polar surface area (TPSA) is 106 Å². The van der Waals surface area contributed by atoms with E-state index in [4.69, 9.17) is 5.41 Å². The fraction of sp³-hybridized carbons (Fsp3) is 0.423. The molecule has 8 heteroatoms. The van der Waals surface area contributed by atoms with Crippen LogP contribution in [0.3, 0.4) is 0 Å². The number of guanidine groups is 1. The Hall–Kier alpha value is -3.26. The first-order chi connectivity index (χ1) is 16.1. The van der Waals surface area contributed by atoms with Crippen LogP contribution in [0.25, 0.3) is 0 Å². The molecule has 1 saturated heterocycles. The highest BCUT2D eigenvalue weighted by atomic mass is 19.1. The number of carbonyl (C=O) groups excluding carboxylic acids is 2. The third kappa shape index (κ3) is 4.42. The van der Waals surface area contributed by atoms with Crippen molar-refractivity contribution in [1.29, 1.82) is 5.41 Å². The quantitative estimate of drug-likeness (QED) is 0.524. The predicted octanol–water partition coefficient (Wildman–Crippen LogP) is 3.28. The van der Waals surface area contributed by atoms with Crippen LogP contribution in [0.2, 0.25) is 0 Å². The first-order valence-corrected chi connectivity index (χ1v) is 11.7. The Morgan fingerprint density at radius 3 is 2.74 bits per heavy atom. The van der Waals surface area contributed by atoms with Crippen LogP contribution in [-0.4, -0.2) is 39.4 Å². The van der Waals surface area contributed by atoms with Crippen LogP contribution >= 0.6 is 0 Å². The average Bonchev–Trinajstić information content (AvgIpc) is 3.10. The Morgan fingerprint density at radius 2 is 2.06 bits per heavy atom. The number of fused-ring (bicyclic) bond motifs is 1. The van der Waals surface area contributed by atoms with Crippen LogP contribution in [0.1, 0.15) is 66.7 Å². The fourth-order valence-electron chi connectivity index (χ4n) is 5.00. The lowest BCUT2D eigenvalue weighted by Crippen LogP contribution is -2.63. The maximum Gasteiger partial charge on any atom is 0.251 e. The third-order valence-electron chi connectivity index (χ3n) is 7.19. The van der Waals surface area contributed by atoms with Crippen molar-refractivity contribution in [3.05, 3.63) is 70.5 Å². The molecule has 1 aliphatic heterocycles. The van der Waals surface area contributed by atoms with Crippen LogP contribution in [0.4, 0.5) is 4.39 Å². The molecule has 34 heavy (non-hydrogen) atoms. The lowest BCUT2D eigenvalue weighted by Gasteiger charge is -2.45. The van der Waals surface area contributed by atoms with Gasteiger partial charge in [-0.1, -0.05) is 45.0 Å². The SMILES string of the molecule is CC[C@@]1(C(C)C)CC(=O)N(Cc2cc(F)cc(C(=O)N[C@@H]3c4ccccc4C[C@H]3O)c2)C(=N)N1. The number of hydrogen-bond donors (Lipinski definition) is 4. The monoisotopic (exact) mass is 466 g/mol. The normalized spacial score (nSPS) is 24.2. The van der Waals surface area contributed by atoms with Crippen LogP contribution in [-0.2, 0) is 17.8 Å². The first kappa shape index (κ1) is 23.9. The molecule has 2 aromatic rings. The van der Waals surface area contributed by atoms with E-state index in [-0.39, 0.29) is 36.3 Å². The highest BCUT2D eigenvalue weighted by molar-refractivity contribution is 5.99. The van der Waals surface area contributed by atoms with Gasteiger partial charge in [-0.25, -0.2) is 4.39 Å². The zero-order valence-electron chi connectivity index (χ0n) is 19.7. The van der Waals surface area contributed by atoms with Gasteiger partial charge >= 0.3 is 0 Å². The zero-order valence-corrected chi connectivity index (χ0v) is 19.7. The van der Waals surface area contributed by atoms with E-state index in [0.29, 0.717) is 18.4 Å². The number of hydrogen-bond acceptors (Lipinski definition) is 4. The van der Waals surface area contributed by atoms with Gasteiger partial charge in [-0.05, 0) is 47.2 Å². The molecule has 0 saturated carbocycles. The number of aliphatic hydroxyl groups excluding tert-OH is 1. The Bertz CT molecular complexity index is 1110. The summed E-state index contributed by atoms with van der Waals surface area (Å²) in [6.45, 7) is 6.00. The standard InChI is InChI=1S/C26H31FN4O3/c1-4-26(15(2)3)13-22(33)31(25(28)30-26)14-16-9-18(11-19(27)10-16)24(34)29-23-20-8-6-5-7-17(20)12-21(23)32/h5-11,15,21,23,32H,4,12-14H2,1-3H3,(H2,28,30)(H,29,34)/t21-,23-,26+/m1/s1. The van der Waals surface area contributed by atoms with Gasteiger partial charge in [0.2, 0.25) is 5.91 Å². The van der Waals surface area contributed by atoms with Crippen molar-refractivity contribution in [3.63, 3.8) is 0 Å². The van der Waals surface area contributed by atoms with Gasteiger partial charge in [-0.3, -0.25) is 19.9 Å². The second kappa shape index (κ2) is 9.18. The molecule has 0 aromatic heterocycles. The highest BCUT2D eigenvalue weighted by Crippen LogP contribution is 2.32. The molecule has 1 aliphatic carbocycles. The van der Waals surface area contributed by atoms with E-state index in [1.54, 1.807) is 0 Å². The molecule has 2 amide bonds. The number of halogens is 1. The van der Waals surface area contributed by atoms with E-state index in [9.17, 15) is 19.1 Å². The summed E-state index contributed by atoms with van der Waals surface area (Å²) < 4.78 is 14.4. The Balaban J connectivity index is 1.51. The van der Waals surface area contributed by atoms with Crippen molar-refractivity contribution in [3.8, 4) is 0 Å². The van der Waals surface area contributed by atoms with Crippen LogP contribution in [0.15, 0.2) is 42.5 Å². The minimum absolute atomic E-state index is 0.0184. The summed E-state index contributed by atoms with van der Waals surface area (Å²) in [5, 5.41) is 24.8. The van der Waals surface area contributed by atoms with Gasteiger partial charge in [-0.2, -0.15) is 0 Å². The van der Waals surface area contributed by atoms with Gasteiger partial charge in [0, 0.05) is 12.0 Å². The molecule has 4 rings (SSSR count). The highest BCUT2D eigenvalue weighted by Gasteiger charge is 2.42. The average molecular weight is 467 g/mol. The van der Waals surface area contributed by atoms with E-state index in [1.807, 2.05) is 45.0 Å². The lowest BCUT2D eigenvalue weighted by molar-refractivity contribution is -0.131. The van der Waals surface area contributed by atoms with Crippen molar-refractivity contribution < 1.29 is 19.1 Å².